The van der Waals surface area contributed by atoms with Gasteiger partial charge in [-0.25, -0.2) is 9.78 Å². The smallest absolute Gasteiger partial charge is 0.319 e. The average Bonchev–Trinajstić information content (AvgIpc) is 2.29. The first-order valence-electron chi connectivity index (χ1n) is 5.82. The van der Waals surface area contributed by atoms with Crippen LogP contribution in [0.25, 0.3) is 0 Å². The van der Waals surface area contributed by atoms with Crippen molar-refractivity contribution in [1.82, 2.24) is 10.3 Å². The van der Waals surface area contributed by atoms with Crippen molar-refractivity contribution in [1.29, 1.82) is 0 Å². The molecule has 0 bridgehead atoms. The first-order valence-corrected chi connectivity index (χ1v) is 6.20. The van der Waals surface area contributed by atoms with Gasteiger partial charge in [0, 0.05) is 12.7 Å². The standard InChI is InChI=1S/C12H18ClN3O2/c1-8(6-9(2)17)7-15-12(18)16-10-4-3-5-14-11(10)13/h3-5,8-9,17H,6-7H2,1-2H3,(H2,15,16,18). The monoisotopic (exact) mass is 271 g/mol. The third-order valence-electron chi connectivity index (χ3n) is 2.36. The Bertz CT molecular complexity index is 399. The maximum Gasteiger partial charge on any atom is 0.319 e. The van der Waals surface area contributed by atoms with E-state index in [9.17, 15) is 9.90 Å². The lowest BCUT2D eigenvalue weighted by Gasteiger charge is -2.14. The Balaban J connectivity index is 2.36. The van der Waals surface area contributed by atoms with E-state index in [0.29, 0.717) is 18.7 Å². The molecule has 2 atom stereocenters. The number of hydrogen-bond acceptors (Lipinski definition) is 3. The lowest BCUT2D eigenvalue weighted by atomic mass is 10.1. The van der Waals surface area contributed by atoms with Crippen LogP contribution in [-0.4, -0.2) is 28.8 Å². The lowest BCUT2D eigenvalue weighted by Crippen LogP contribution is -2.33. The van der Waals surface area contributed by atoms with Gasteiger partial charge in [-0.3, -0.25) is 0 Å². The summed E-state index contributed by atoms with van der Waals surface area (Å²) in [5.74, 6) is 0.208. The summed E-state index contributed by atoms with van der Waals surface area (Å²) in [5.41, 5.74) is 0.472. The number of nitrogens with zero attached hydrogens (tertiary/aromatic N) is 1. The second-order valence-electron chi connectivity index (χ2n) is 4.37. The first kappa shape index (κ1) is 14.7. The number of halogens is 1. The van der Waals surface area contributed by atoms with Gasteiger partial charge in [-0.05, 0) is 31.4 Å². The molecule has 0 aliphatic heterocycles. The largest absolute Gasteiger partial charge is 0.393 e. The van der Waals surface area contributed by atoms with Gasteiger partial charge in [0.2, 0.25) is 0 Å². The highest BCUT2D eigenvalue weighted by atomic mass is 35.5. The summed E-state index contributed by atoms with van der Waals surface area (Å²) >= 11 is 5.81. The van der Waals surface area contributed by atoms with Gasteiger partial charge >= 0.3 is 6.03 Å². The van der Waals surface area contributed by atoms with Crippen molar-refractivity contribution >= 4 is 23.3 Å². The summed E-state index contributed by atoms with van der Waals surface area (Å²) < 4.78 is 0. The minimum Gasteiger partial charge on any atom is -0.393 e. The fourth-order valence-electron chi connectivity index (χ4n) is 1.58. The van der Waals surface area contributed by atoms with E-state index in [-0.39, 0.29) is 23.2 Å². The van der Waals surface area contributed by atoms with Crippen LogP contribution >= 0.6 is 11.6 Å². The SMILES string of the molecule is CC(O)CC(C)CNC(=O)Nc1cccnc1Cl. The molecular weight excluding hydrogens is 254 g/mol. The van der Waals surface area contributed by atoms with Crippen molar-refractivity contribution < 1.29 is 9.90 Å². The molecule has 0 aliphatic carbocycles. The van der Waals surface area contributed by atoms with Crippen molar-refractivity contribution in [2.24, 2.45) is 5.92 Å². The number of hydrogen-bond donors (Lipinski definition) is 3. The molecule has 1 rings (SSSR count). The average molecular weight is 272 g/mol. The number of aromatic nitrogens is 1. The van der Waals surface area contributed by atoms with E-state index in [2.05, 4.69) is 15.6 Å². The fourth-order valence-corrected chi connectivity index (χ4v) is 1.74. The van der Waals surface area contributed by atoms with Gasteiger partial charge in [0.05, 0.1) is 11.8 Å². The van der Waals surface area contributed by atoms with Crippen LogP contribution in [0.3, 0.4) is 0 Å². The van der Waals surface area contributed by atoms with Crippen molar-refractivity contribution in [2.45, 2.75) is 26.4 Å². The predicted molar refractivity (Wildman–Crippen MR) is 71.7 cm³/mol. The molecule has 0 saturated carbocycles. The van der Waals surface area contributed by atoms with Gasteiger partial charge in [0.25, 0.3) is 0 Å². The molecule has 18 heavy (non-hydrogen) atoms. The van der Waals surface area contributed by atoms with Crippen LogP contribution in [-0.2, 0) is 0 Å². The predicted octanol–water partition coefficient (Wildman–Crippen LogP) is 2.26. The van der Waals surface area contributed by atoms with E-state index in [4.69, 9.17) is 11.6 Å². The number of amides is 2. The molecule has 0 radical (unpaired) electrons. The number of aliphatic hydroxyl groups is 1. The maximum absolute atomic E-state index is 11.6. The molecule has 0 aliphatic rings. The van der Waals surface area contributed by atoms with E-state index in [0.717, 1.165) is 0 Å². The molecule has 0 saturated heterocycles. The summed E-state index contributed by atoms with van der Waals surface area (Å²) in [6, 6.07) is 3.04. The molecule has 2 unspecified atom stereocenters. The Labute approximate surface area is 112 Å². The van der Waals surface area contributed by atoms with Crippen LogP contribution in [0.2, 0.25) is 5.15 Å². The molecule has 3 N–H and O–H groups in total. The third kappa shape index (κ3) is 5.33. The minimum atomic E-state index is -0.363. The Morgan fingerprint density at radius 2 is 2.28 bits per heavy atom. The van der Waals surface area contributed by atoms with Gasteiger partial charge in [0.15, 0.2) is 5.15 Å². The fraction of sp³-hybridized carbons (Fsp3) is 0.500. The number of carbonyl (C=O) groups is 1. The van der Waals surface area contributed by atoms with Gasteiger partial charge in [0.1, 0.15) is 0 Å². The molecule has 1 aromatic rings. The molecule has 0 aromatic carbocycles. The number of nitrogens with one attached hydrogen (secondary N) is 2. The van der Waals surface area contributed by atoms with Crippen molar-refractivity contribution in [2.75, 3.05) is 11.9 Å². The summed E-state index contributed by atoms with van der Waals surface area (Å²) in [4.78, 5) is 15.4. The second kappa shape index (κ2) is 7.18. The topological polar surface area (TPSA) is 74.2 Å². The van der Waals surface area contributed by atoms with E-state index >= 15 is 0 Å². The Morgan fingerprint density at radius 3 is 2.89 bits per heavy atom. The maximum atomic E-state index is 11.6. The van der Waals surface area contributed by atoms with E-state index < -0.39 is 0 Å². The summed E-state index contributed by atoms with van der Waals surface area (Å²) in [6.45, 7) is 4.19. The molecule has 100 valence electrons. The number of carbonyl (C=O) groups excluding carboxylic acids is 1. The number of rotatable bonds is 5. The van der Waals surface area contributed by atoms with E-state index in [1.807, 2.05) is 6.92 Å². The number of pyridine rings is 1. The van der Waals surface area contributed by atoms with Crippen molar-refractivity contribution in [3.05, 3.63) is 23.5 Å². The Hall–Kier alpha value is -1.33. The zero-order valence-electron chi connectivity index (χ0n) is 10.5. The molecule has 2 amide bonds. The molecule has 6 heteroatoms. The molecular formula is C12H18ClN3O2. The van der Waals surface area contributed by atoms with Gasteiger partial charge in [-0.15, -0.1) is 0 Å². The van der Waals surface area contributed by atoms with Gasteiger partial charge < -0.3 is 15.7 Å². The summed E-state index contributed by atoms with van der Waals surface area (Å²) in [7, 11) is 0. The molecule has 1 heterocycles. The normalized spacial score (nSPS) is 13.8. The van der Waals surface area contributed by atoms with Gasteiger partial charge in [-0.1, -0.05) is 18.5 Å². The zero-order valence-corrected chi connectivity index (χ0v) is 11.2. The highest BCUT2D eigenvalue weighted by molar-refractivity contribution is 6.32. The van der Waals surface area contributed by atoms with Crippen LogP contribution < -0.4 is 10.6 Å². The Kier molecular flexibility index (Phi) is 5.88. The number of anilines is 1. The lowest BCUT2D eigenvalue weighted by molar-refractivity contribution is 0.163. The van der Waals surface area contributed by atoms with E-state index in [1.54, 1.807) is 25.3 Å². The van der Waals surface area contributed by atoms with Crippen LogP contribution in [0.4, 0.5) is 10.5 Å². The number of aliphatic hydroxyl groups excluding tert-OH is 1. The van der Waals surface area contributed by atoms with Crippen LogP contribution in [0.15, 0.2) is 18.3 Å². The summed E-state index contributed by atoms with van der Waals surface area (Å²) in [5, 5.41) is 14.8. The highest BCUT2D eigenvalue weighted by Crippen LogP contribution is 2.17. The summed E-state index contributed by atoms with van der Waals surface area (Å²) in [6.07, 6.45) is 1.84. The van der Waals surface area contributed by atoms with Crippen LogP contribution in [0.5, 0.6) is 0 Å². The van der Waals surface area contributed by atoms with Crippen molar-refractivity contribution in [3.63, 3.8) is 0 Å². The van der Waals surface area contributed by atoms with E-state index in [1.165, 1.54) is 0 Å². The molecule has 0 fully saturated rings. The first-order chi connectivity index (χ1) is 8.49. The Morgan fingerprint density at radius 1 is 1.56 bits per heavy atom. The minimum absolute atomic E-state index is 0.208. The molecule has 5 nitrogen and oxygen atoms in total. The zero-order chi connectivity index (χ0) is 13.5. The van der Waals surface area contributed by atoms with Crippen LogP contribution in [0.1, 0.15) is 20.3 Å². The highest BCUT2D eigenvalue weighted by Gasteiger charge is 2.09. The molecule has 0 spiro atoms. The number of urea groups is 1. The van der Waals surface area contributed by atoms with Gasteiger partial charge in [-0.2, -0.15) is 0 Å². The van der Waals surface area contributed by atoms with Crippen LogP contribution in [0, 0.1) is 5.92 Å². The second-order valence-corrected chi connectivity index (χ2v) is 4.72. The third-order valence-corrected chi connectivity index (χ3v) is 2.66. The molecule has 1 aromatic heterocycles. The van der Waals surface area contributed by atoms with Crippen molar-refractivity contribution in [3.8, 4) is 0 Å². The quantitative estimate of drug-likeness (QED) is 0.719.